The van der Waals surface area contributed by atoms with E-state index in [9.17, 15) is 9.90 Å². The van der Waals surface area contributed by atoms with Crippen LogP contribution in [0.2, 0.25) is 0 Å². The van der Waals surface area contributed by atoms with Crippen molar-refractivity contribution in [3.05, 3.63) is 48.3 Å². The maximum atomic E-state index is 11.6. The number of phenolic OH excluding ortho intramolecular Hbond substituents is 1. The molecule has 0 radical (unpaired) electrons. The standard InChI is InChI=1S/C15H18N2O3/c1-2-20-15(19)14(16)10-12-4-3-9-17(12)11-5-7-13(18)8-6-11/h3-9,14,18H,2,10,16H2,1H3. The number of nitrogens with two attached hydrogens (primary N) is 1. The predicted octanol–water partition coefficient (Wildman–Crippen LogP) is 1.62. The average molecular weight is 274 g/mol. The monoisotopic (exact) mass is 274 g/mol. The Morgan fingerprint density at radius 3 is 2.70 bits per heavy atom. The average Bonchev–Trinajstić information content (AvgIpc) is 2.88. The number of carbonyl (C=O) groups excluding carboxylic acids is 1. The van der Waals surface area contributed by atoms with Crippen molar-refractivity contribution in [2.45, 2.75) is 19.4 Å². The van der Waals surface area contributed by atoms with Gasteiger partial charge in [-0.15, -0.1) is 0 Å². The second kappa shape index (κ2) is 6.25. The van der Waals surface area contributed by atoms with Gasteiger partial charge in [-0.2, -0.15) is 0 Å². The normalized spacial score (nSPS) is 12.1. The summed E-state index contributed by atoms with van der Waals surface area (Å²) in [4.78, 5) is 11.6. The predicted molar refractivity (Wildman–Crippen MR) is 75.7 cm³/mol. The molecule has 2 aromatic rings. The van der Waals surface area contributed by atoms with Gasteiger partial charge in [-0.25, -0.2) is 0 Å². The fourth-order valence-electron chi connectivity index (χ4n) is 2.01. The van der Waals surface area contributed by atoms with Crippen LogP contribution in [0.5, 0.6) is 5.75 Å². The minimum Gasteiger partial charge on any atom is -0.508 e. The summed E-state index contributed by atoms with van der Waals surface area (Å²) in [5.41, 5.74) is 7.65. The fourth-order valence-corrected chi connectivity index (χ4v) is 2.01. The number of benzene rings is 1. The maximum absolute atomic E-state index is 11.6. The van der Waals surface area contributed by atoms with E-state index in [1.807, 2.05) is 22.9 Å². The Morgan fingerprint density at radius 1 is 1.35 bits per heavy atom. The quantitative estimate of drug-likeness (QED) is 0.812. The highest BCUT2D eigenvalue weighted by Crippen LogP contribution is 2.17. The molecule has 0 bridgehead atoms. The van der Waals surface area contributed by atoms with Crippen molar-refractivity contribution in [3.63, 3.8) is 0 Å². The molecule has 5 heteroatoms. The first-order valence-corrected chi connectivity index (χ1v) is 6.49. The molecular weight excluding hydrogens is 256 g/mol. The first-order chi connectivity index (χ1) is 9.61. The summed E-state index contributed by atoms with van der Waals surface area (Å²) in [5, 5.41) is 9.31. The molecule has 0 spiro atoms. The molecule has 5 nitrogen and oxygen atoms in total. The molecule has 20 heavy (non-hydrogen) atoms. The summed E-state index contributed by atoms with van der Waals surface area (Å²) in [7, 11) is 0. The minimum atomic E-state index is -0.680. The molecular formula is C15H18N2O3. The molecule has 1 aromatic carbocycles. The van der Waals surface area contributed by atoms with Gasteiger partial charge in [0, 0.05) is 24.0 Å². The number of rotatable bonds is 5. The van der Waals surface area contributed by atoms with Crippen LogP contribution in [0, 0.1) is 0 Å². The highest BCUT2D eigenvalue weighted by molar-refractivity contribution is 5.75. The molecule has 1 heterocycles. The molecule has 0 saturated carbocycles. The van der Waals surface area contributed by atoms with Crippen molar-refractivity contribution >= 4 is 5.97 Å². The van der Waals surface area contributed by atoms with E-state index in [1.54, 1.807) is 31.2 Å². The van der Waals surface area contributed by atoms with Gasteiger partial charge in [0.1, 0.15) is 11.8 Å². The van der Waals surface area contributed by atoms with Crippen LogP contribution >= 0.6 is 0 Å². The Bertz CT molecular complexity index is 575. The molecule has 1 aromatic heterocycles. The number of carbonyl (C=O) groups is 1. The molecule has 3 N–H and O–H groups in total. The third kappa shape index (κ3) is 3.19. The maximum Gasteiger partial charge on any atom is 0.323 e. The number of esters is 1. The van der Waals surface area contributed by atoms with E-state index in [0.717, 1.165) is 11.4 Å². The first kappa shape index (κ1) is 14.1. The van der Waals surface area contributed by atoms with Crippen LogP contribution in [0.25, 0.3) is 5.69 Å². The Labute approximate surface area is 117 Å². The van der Waals surface area contributed by atoms with Gasteiger partial charge in [0.25, 0.3) is 0 Å². The van der Waals surface area contributed by atoms with Gasteiger partial charge in [-0.3, -0.25) is 4.79 Å². The minimum absolute atomic E-state index is 0.214. The van der Waals surface area contributed by atoms with Gasteiger partial charge < -0.3 is 20.1 Å². The van der Waals surface area contributed by atoms with Gasteiger partial charge in [0.15, 0.2) is 0 Å². The molecule has 0 aliphatic heterocycles. The van der Waals surface area contributed by atoms with Gasteiger partial charge in [-0.05, 0) is 43.3 Å². The molecule has 2 rings (SSSR count). The topological polar surface area (TPSA) is 77.5 Å². The summed E-state index contributed by atoms with van der Waals surface area (Å²) in [6.07, 6.45) is 2.28. The Kier molecular flexibility index (Phi) is 4.42. The Morgan fingerprint density at radius 2 is 2.05 bits per heavy atom. The van der Waals surface area contributed by atoms with E-state index in [-0.39, 0.29) is 5.75 Å². The largest absolute Gasteiger partial charge is 0.508 e. The highest BCUT2D eigenvalue weighted by atomic mass is 16.5. The van der Waals surface area contributed by atoms with Crippen LogP contribution < -0.4 is 5.73 Å². The second-order valence-electron chi connectivity index (χ2n) is 4.45. The van der Waals surface area contributed by atoms with Gasteiger partial charge in [0.2, 0.25) is 0 Å². The zero-order valence-corrected chi connectivity index (χ0v) is 11.3. The van der Waals surface area contributed by atoms with Crippen molar-refractivity contribution < 1.29 is 14.6 Å². The zero-order chi connectivity index (χ0) is 14.5. The lowest BCUT2D eigenvalue weighted by Crippen LogP contribution is -2.34. The first-order valence-electron chi connectivity index (χ1n) is 6.49. The van der Waals surface area contributed by atoms with E-state index in [0.29, 0.717) is 13.0 Å². The van der Waals surface area contributed by atoms with Gasteiger partial charge >= 0.3 is 5.97 Å². The summed E-state index contributed by atoms with van der Waals surface area (Å²) in [5.74, 6) is -0.184. The molecule has 0 aliphatic rings. The Hall–Kier alpha value is -2.27. The number of hydrogen-bond donors (Lipinski definition) is 2. The van der Waals surface area contributed by atoms with Crippen molar-refractivity contribution in [1.82, 2.24) is 4.57 Å². The Balaban J connectivity index is 2.16. The molecule has 0 amide bonds. The molecule has 1 unspecified atom stereocenters. The highest BCUT2D eigenvalue weighted by Gasteiger charge is 2.17. The van der Waals surface area contributed by atoms with E-state index >= 15 is 0 Å². The SMILES string of the molecule is CCOC(=O)C(N)Cc1cccn1-c1ccc(O)cc1. The summed E-state index contributed by atoms with van der Waals surface area (Å²) in [6.45, 7) is 2.08. The summed E-state index contributed by atoms with van der Waals surface area (Å²) >= 11 is 0. The smallest absolute Gasteiger partial charge is 0.323 e. The second-order valence-corrected chi connectivity index (χ2v) is 4.45. The van der Waals surface area contributed by atoms with E-state index in [1.165, 1.54) is 0 Å². The van der Waals surface area contributed by atoms with Crippen LogP contribution in [0.15, 0.2) is 42.6 Å². The third-order valence-corrected chi connectivity index (χ3v) is 2.98. The number of nitrogens with zero attached hydrogens (tertiary/aromatic N) is 1. The van der Waals surface area contributed by atoms with Gasteiger partial charge in [-0.1, -0.05) is 0 Å². The van der Waals surface area contributed by atoms with Crippen molar-refractivity contribution in [3.8, 4) is 11.4 Å². The van der Waals surface area contributed by atoms with Crippen LogP contribution in [0.1, 0.15) is 12.6 Å². The van der Waals surface area contributed by atoms with Crippen LogP contribution in [0.4, 0.5) is 0 Å². The molecule has 0 fully saturated rings. The molecule has 0 saturated heterocycles. The number of aromatic hydroxyl groups is 1. The number of aromatic nitrogens is 1. The number of ether oxygens (including phenoxy) is 1. The number of phenols is 1. The van der Waals surface area contributed by atoms with Crippen molar-refractivity contribution in [2.24, 2.45) is 5.73 Å². The fraction of sp³-hybridized carbons (Fsp3) is 0.267. The van der Waals surface area contributed by atoms with Crippen LogP contribution in [-0.4, -0.2) is 28.3 Å². The van der Waals surface area contributed by atoms with Crippen LogP contribution in [0.3, 0.4) is 0 Å². The summed E-state index contributed by atoms with van der Waals surface area (Å²) in [6, 6.07) is 9.95. The lowest BCUT2D eigenvalue weighted by atomic mass is 10.1. The van der Waals surface area contributed by atoms with Crippen LogP contribution in [-0.2, 0) is 16.0 Å². The number of hydrogen-bond acceptors (Lipinski definition) is 4. The zero-order valence-electron chi connectivity index (χ0n) is 11.3. The van der Waals surface area contributed by atoms with Crippen molar-refractivity contribution in [1.29, 1.82) is 0 Å². The molecule has 106 valence electrons. The molecule has 1 atom stereocenters. The third-order valence-electron chi connectivity index (χ3n) is 2.98. The van der Waals surface area contributed by atoms with Crippen molar-refractivity contribution in [2.75, 3.05) is 6.61 Å². The lowest BCUT2D eigenvalue weighted by molar-refractivity contribution is -0.144. The molecule has 0 aliphatic carbocycles. The summed E-state index contributed by atoms with van der Waals surface area (Å²) < 4.78 is 6.84. The van der Waals surface area contributed by atoms with E-state index in [4.69, 9.17) is 10.5 Å². The van der Waals surface area contributed by atoms with E-state index in [2.05, 4.69) is 0 Å². The van der Waals surface area contributed by atoms with Gasteiger partial charge in [0.05, 0.1) is 6.61 Å². The lowest BCUT2D eigenvalue weighted by Gasteiger charge is -2.13. The van der Waals surface area contributed by atoms with E-state index < -0.39 is 12.0 Å².